The Morgan fingerprint density at radius 3 is 2.77 bits per heavy atom. The van der Waals surface area contributed by atoms with Crippen molar-refractivity contribution in [3.63, 3.8) is 0 Å². The van der Waals surface area contributed by atoms with E-state index in [1.807, 2.05) is 31.2 Å². The Balaban J connectivity index is 1.81. The van der Waals surface area contributed by atoms with Crippen LogP contribution in [0.15, 0.2) is 57.9 Å². The molecule has 0 spiro atoms. The molecule has 4 rings (SSSR count). The molecular weight excluding hydrogens is 396 g/mol. The van der Waals surface area contributed by atoms with Gasteiger partial charge >= 0.3 is 0 Å². The number of amides is 1. The lowest BCUT2D eigenvalue weighted by Crippen LogP contribution is -2.16. The highest BCUT2D eigenvalue weighted by molar-refractivity contribution is 9.10. The molecule has 0 aliphatic rings. The first-order chi connectivity index (χ1) is 12.5. The standard InChI is InChI=1S/C19H15BrN4O2/c1-11-9-12(6-7-14(11)20)21-18(25)15-10-13-17(23(15)2)22-16-5-3-4-8-24(16)19(13)26/h3-10H,1-2H3,(H,21,25). The van der Waals surface area contributed by atoms with E-state index in [1.165, 1.54) is 4.40 Å². The minimum Gasteiger partial charge on any atom is -0.324 e. The summed E-state index contributed by atoms with van der Waals surface area (Å²) in [5, 5.41) is 3.28. The number of pyridine rings is 1. The molecule has 130 valence electrons. The molecule has 0 aliphatic heterocycles. The quantitative estimate of drug-likeness (QED) is 0.549. The number of nitrogens with zero attached hydrogens (tertiary/aromatic N) is 3. The Bertz CT molecular complexity index is 1240. The third-order valence-corrected chi connectivity index (χ3v) is 5.25. The summed E-state index contributed by atoms with van der Waals surface area (Å²) in [6.45, 7) is 1.95. The van der Waals surface area contributed by atoms with Gasteiger partial charge in [-0.05, 0) is 48.9 Å². The number of aryl methyl sites for hydroxylation is 2. The van der Waals surface area contributed by atoms with Crippen molar-refractivity contribution in [2.24, 2.45) is 7.05 Å². The van der Waals surface area contributed by atoms with Crippen molar-refractivity contribution in [2.45, 2.75) is 6.92 Å². The van der Waals surface area contributed by atoms with Crippen molar-refractivity contribution in [1.82, 2.24) is 14.0 Å². The van der Waals surface area contributed by atoms with E-state index in [0.29, 0.717) is 28.1 Å². The van der Waals surface area contributed by atoms with Crippen molar-refractivity contribution < 1.29 is 4.79 Å². The average Bonchev–Trinajstić information content (AvgIpc) is 2.96. The average molecular weight is 411 g/mol. The van der Waals surface area contributed by atoms with Crippen LogP contribution >= 0.6 is 15.9 Å². The molecule has 0 radical (unpaired) electrons. The van der Waals surface area contributed by atoms with Gasteiger partial charge in [-0.2, -0.15) is 0 Å². The number of carbonyl (C=O) groups is 1. The molecule has 0 atom stereocenters. The fourth-order valence-corrected chi connectivity index (χ4v) is 3.20. The van der Waals surface area contributed by atoms with E-state index < -0.39 is 0 Å². The first kappa shape index (κ1) is 16.5. The number of hydrogen-bond donors (Lipinski definition) is 1. The zero-order valence-electron chi connectivity index (χ0n) is 14.2. The van der Waals surface area contributed by atoms with E-state index in [4.69, 9.17) is 0 Å². The monoisotopic (exact) mass is 410 g/mol. The topological polar surface area (TPSA) is 68.4 Å². The predicted octanol–water partition coefficient (Wildman–Crippen LogP) is 3.51. The molecule has 3 aromatic heterocycles. The molecule has 1 aromatic carbocycles. The lowest BCUT2D eigenvalue weighted by molar-refractivity contribution is 0.101. The summed E-state index contributed by atoms with van der Waals surface area (Å²) in [6, 6.07) is 12.5. The number of anilines is 1. The molecule has 1 amide bonds. The molecule has 4 aromatic rings. The third-order valence-electron chi connectivity index (χ3n) is 4.36. The van der Waals surface area contributed by atoms with Gasteiger partial charge in [-0.3, -0.25) is 14.0 Å². The van der Waals surface area contributed by atoms with Crippen molar-refractivity contribution >= 4 is 44.2 Å². The number of aromatic nitrogens is 3. The summed E-state index contributed by atoms with van der Waals surface area (Å²) in [5.41, 5.74) is 2.92. The van der Waals surface area contributed by atoms with E-state index in [9.17, 15) is 9.59 Å². The van der Waals surface area contributed by atoms with Crippen molar-refractivity contribution in [3.05, 3.63) is 74.7 Å². The maximum atomic E-state index is 12.7. The second kappa shape index (κ2) is 6.10. The highest BCUT2D eigenvalue weighted by Crippen LogP contribution is 2.21. The molecule has 0 saturated heterocycles. The van der Waals surface area contributed by atoms with Gasteiger partial charge in [0, 0.05) is 23.4 Å². The van der Waals surface area contributed by atoms with Crippen molar-refractivity contribution in [3.8, 4) is 0 Å². The number of benzene rings is 1. The Kier molecular flexibility index (Phi) is 3.88. The minimum atomic E-state index is -0.291. The smallest absolute Gasteiger partial charge is 0.272 e. The lowest BCUT2D eigenvalue weighted by Gasteiger charge is -2.08. The molecular formula is C19H15BrN4O2. The van der Waals surface area contributed by atoms with E-state index >= 15 is 0 Å². The Morgan fingerprint density at radius 1 is 1.19 bits per heavy atom. The summed E-state index contributed by atoms with van der Waals surface area (Å²) < 4.78 is 4.09. The third kappa shape index (κ3) is 2.61. The van der Waals surface area contributed by atoms with Crippen LogP contribution < -0.4 is 10.9 Å². The summed E-state index contributed by atoms with van der Waals surface area (Å²) in [6.07, 6.45) is 1.67. The Labute approximate surface area is 157 Å². The van der Waals surface area contributed by atoms with Crippen molar-refractivity contribution in [2.75, 3.05) is 5.32 Å². The van der Waals surface area contributed by atoms with Gasteiger partial charge in [-0.15, -0.1) is 0 Å². The molecule has 0 unspecified atom stereocenters. The maximum Gasteiger partial charge on any atom is 0.272 e. The predicted molar refractivity (Wildman–Crippen MR) is 105 cm³/mol. The summed E-state index contributed by atoms with van der Waals surface area (Å²) >= 11 is 3.44. The Morgan fingerprint density at radius 2 is 2.00 bits per heavy atom. The second-order valence-electron chi connectivity index (χ2n) is 6.09. The van der Waals surface area contributed by atoms with Gasteiger partial charge < -0.3 is 9.88 Å². The molecule has 1 N–H and O–H groups in total. The van der Waals surface area contributed by atoms with Crippen LogP contribution in [-0.4, -0.2) is 19.9 Å². The molecule has 3 heterocycles. The fourth-order valence-electron chi connectivity index (χ4n) is 2.96. The zero-order chi connectivity index (χ0) is 18.4. The van der Waals surface area contributed by atoms with Gasteiger partial charge in [0.05, 0.1) is 5.39 Å². The van der Waals surface area contributed by atoms with Gasteiger partial charge in [-0.25, -0.2) is 4.98 Å². The minimum absolute atomic E-state index is 0.195. The summed E-state index contributed by atoms with van der Waals surface area (Å²) in [4.78, 5) is 29.9. The van der Waals surface area contributed by atoms with E-state index in [1.54, 1.807) is 36.0 Å². The Hall–Kier alpha value is -2.93. The van der Waals surface area contributed by atoms with Gasteiger partial charge in [0.1, 0.15) is 17.0 Å². The number of carbonyl (C=O) groups excluding carboxylic acids is 1. The molecule has 7 heteroatoms. The maximum absolute atomic E-state index is 12.7. The normalized spacial score (nSPS) is 11.2. The fraction of sp³-hybridized carbons (Fsp3) is 0.105. The molecule has 0 bridgehead atoms. The van der Waals surface area contributed by atoms with Crippen LogP contribution in [0, 0.1) is 6.92 Å². The van der Waals surface area contributed by atoms with Gasteiger partial charge in [0.15, 0.2) is 0 Å². The molecule has 0 fully saturated rings. The largest absolute Gasteiger partial charge is 0.324 e. The first-order valence-electron chi connectivity index (χ1n) is 8.00. The van der Waals surface area contributed by atoms with Crippen LogP contribution in [0.5, 0.6) is 0 Å². The van der Waals surface area contributed by atoms with Crippen LogP contribution in [0.25, 0.3) is 16.7 Å². The first-order valence-corrected chi connectivity index (χ1v) is 8.79. The van der Waals surface area contributed by atoms with Crippen molar-refractivity contribution in [1.29, 1.82) is 0 Å². The van der Waals surface area contributed by atoms with Gasteiger partial charge in [0.2, 0.25) is 0 Å². The molecule has 0 aliphatic carbocycles. The molecule has 26 heavy (non-hydrogen) atoms. The highest BCUT2D eigenvalue weighted by atomic mass is 79.9. The van der Waals surface area contributed by atoms with Gasteiger partial charge in [-0.1, -0.05) is 22.0 Å². The van der Waals surface area contributed by atoms with Crippen LogP contribution in [0.3, 0.4) is 0 Å². The van der Waals surface area contributed by atoms with E-state index in [-0.39, 0.29) is 11.5 Å². The number of fused-ring (bicyclic) bond motifs is 2. The van der Waals surface area contributed by atoms with Crippen LogP contribution in [0.1, 0.15) is 16.1 Å². The summed E-state index contributed by atoms with van der Waals surface area (Å²) in [5.74, 6) is -0.291. The van der Waals surface area contributed by atoms with E-state index in [2.05, 4.69) is 26.2 Å². The SMILES string of the molecule is Cc1cc(NC(=O)c2cc3c(=O)n4ccccc4nc3n2C)ccc1Br. The molecule has 0 saturated carbocycles. The number of rotatable bonds is 2. The van der Waals surface area contributed by atoms with Crippen LogP contribution in [0.2, 0.25) is 0 Å². The second-order valence-corrected chi connectivity index (χ2v) is 6.94. The number of halogens is 1. The van der Waals surface area contributed by atoms with Gasteiger partial charge in [0.25, 0.3) is 11.5 Å². The number of hydrogen-bond acceptors (Lipinski definition) is 3. The van der Waals surface area contributed by atoms with Crippen LogP contribution in [-0.2, 0) is 7.05 Å². The lowest BCUT2D eigenvalue weighted by atomic mass is 10.2. The number of nitrogens with one attached hydrogen (secondary N) is 1. The highest BCUT2D eigenvalue weighted by Gasteiger charge is 2.17. The zero-order valence-corrected chi connectivity index (χ0v) is 15.7. The van der Waals surface area contributed by atoms with E-state index in [0.717, 1.165) is 10.0 Å². The van der Waals surface area contributed by atoms with Crippen LogP contribution in [0.4, 0.5) is 5.69 Å². The summed E-state index contributed by atoms with van der Waals surface area (Å²) in [7, 11) is 1.73. The molecule has 6 nitrogen and oxygen atoms in total.